The summed E-state index contributed by atoms with van der Waals surface area (Å²) in [6.45, 7) is 4.06. The minimum Gasteiger partial charge on any atom is -0.391 e. The van der Waals surface area contributed by atoms with Crippen molar-refractivity contribution in [3.63, 3.8) is 0 Å². The number of fused-ring (bicyclic) bond motifs is 1. The fraction of sp³-hybridized carbons (Fsp3) is 0.526. The molecule has 1 fully saturated rings. The van der Waals surface area contributed by atoms with E-state index >= 15 is 0 Å². The molecule has 4 rings (SSSR count). The van der Waals surface area contributed by atoms with Crippen LogP contribution in [0.15, 0.2) is 24.4 Å². The molecule has 3 N–H and O–H groups in total. The molecular weight excluding hydrogens is 354 g/mol. The lowest BCUT2D eigenvalue weighted by Gasteiger charge is -2.38. The van der Waals surface area contributed by atoms with Gasteiger partial charge in [0, 0.05) is 36.3 Å². The molecule has 2 aliphatic heterocycles. The lowest BCUT2D eigenvalue weighted by molar-refractivity contribution is -0.0535. The van der Waals surface area contributed by atoms with Crippen LogP contribution in [0.25, 0.3) is 0 Å². The number of nitrogens with two attached hydrogens (primary N) is 1. The van der Waals surface area contributed by atoms with Crippen LogP contribution in [0.4, 0.5) is 8.78 Å². The second kappa shape index (κ2) is 7.27. The Bertz CT molecular complexity index is 826. The van der Waals surface area contributed by atoms with Crippen molar-refractivity contribution in [1.82, 2.24) is 14.7 Å². The molecule has 2 aromatic rings. The van der Waals surface area contributed by atoms with Gasteiger partial charge in [-0.25, -0.2) is 8.78 Å². The Morgan fingerprint density at radius 2 is 2.19 bits per heavy atom. The Morgan fingerprint density at radius 1 is 1.37 bits per heavy atom. The summed E-state index contributed by atoms with van der Waals surface area (Å²) < 4.78 is 35.3. The third-order valence-electron chi connectivity index (χ3n) is 5.38. The molecule has 4 atom stereocenters. The molecule has 0 unspecified atom stereocenters. The monoisotopic (exact) mass is 378 g/mol. The van der Waals surface area contributed by atoms with Crippen molar-refractivity contribution in [2.45, 2.75) is 57.3 Å². The molecule has 0 spiro atoms. The Morgan fingerprint density at radius 3 is 2.93 bits per heavy atom. The van der Waals surface area contributed by atoms with Gasteiger partial charge in [-0.05, 0) is 31.5 Å². The number of benzene rings is 1. The molecule has 146 valence electrons. The van der Waals surface area contributed by atoms with Crippen molar-refractivity contribution in [3.05, 3.63) is 52.9 Å². The van der Waals surface area contributed by atoms with E-state index in [-0.39, 0.29) is 11.6 Å². The quantitative estimate of drug-likeness (QED) is 0.847. The fourth-order valence-corrected chi connectivity index (χ4v) is 4.05. The number of aliphatic hydroxyl groups excluding tert-OH is 1. The van der Waals surface area contributed by atoms with Crippen LogP contribution in [0.2, 0.25) is 0 Å². The van der Waals surface area contributed by atoms with E-state index in [2.05, 4.69) is 10.00 Å². The van der Waals surface area contributed by atoms with Crippen molar-refractivity contribution in [2.75, 3.05) is 6.61 Å². The van der Waals surface area contributed by atoms with Gasteiger partial charge in [0.2, 0.25) is 0 Å². The van der Waals surface area contributed by atoms with E-state index in [9.17, 15) is 13.9 Å². The van der Waals surface area contributed by atoms with Crippen LogP contribution >= 0.6 is 0 Å². The standard InChI is InChI=1S/C19H24F2N4O2/c1-11(26)7-25-18-9-24(8-12(18)6-23-25)14-5-17(22)19(27-10-14)15-4-13(20)2-3-16(15)21/h2-4,6,11,14,17,19,26H,5,7-10,22H2,1H3/t11-,14+,17-,19+/m0/s1. The van der Waals surface area contributed by atoms with Crippen molar-refractivity contribution in [3.8, 4) is 0 Å². The van der Waals surface area contributed by atoms with E-state index in [1.165, 1.54) is 0 Å². The zero-order valence-corrected chi connectivity index (χ0v) is 15.2. The summed E-state index contributed by atoms with van der Waals surface area (Å²) in [6.07, 6.45) is 1.37. The van der Waals surface area contributed by atoms with Crippen LogP contribution in [-0.2, 0) is 24.4 Å². The predicted molar refractivity (Wildman–Crippen MR) is 94.6 cm³/mol. The van der Waals surface area contributed by atoms with E-state index in [1.54, 1.807) is 6.92 Å². The smallest absolute Gasteiger partial charge is 0.129 e. The number of hydrogen-bond acceptors (Lipinski definition) is 5. The third-order valence-corrected chi connectivity index (χ3v) is 5.38. The van der Waals surface area contributed by atoms with Crippen LogP contribution in [-0.4, -0.2) is 44.6 Å². The minimum atomic E-state index is -0.646. The van der Waals surface area contributed by atoms with Crippen molar-refractivity contribution in [2.24, 2.45) is 5.73 Å². The predicted octanol–water partition coefficient (Wildman–Crippen LogP) is 1.72. The van der Waals surface area contributed by atoms with Gasteiger partial charge >= 0.3 is 0 Å². The fourth-order valence-electron chi connectivity index (χ4n) is 4.05. The molecule has 2 aliphatic rings. The van der Waals surface area contributed by atoms with E-state index in [0.29, 0.717) is 26.1 Å². The summed E-state index contributed by atoms with van der Waals surface area (Å²) in [5.74, 6) is -0.996. The SMILES string of the molecule is C[C@H](O)Cn1ncc2c1CN([C@H]1CO[C@H](c3cc(F)ccc3F)[C@@H](N)C1)C2. The summed E-state index contributed by atoms with van der Waals surface area (Å²) in [5.41, 5.74) is 8.69. The van der Waals surface area contributed by atoms with Gasteiger partial charge in [0.25, 0.3) is 0 Å². The van der Waals surface area contributed by atoms with Gasteiger partial charge in [0.1, 0.15) is 17.7 Å². The summed E-state index contributed by atoms with van der Waals surface area (Å²) in [4.78, 5) is 2.27. The average molecular weight is 378 g/mol. The first kappa shape index (κ1) is 18.5. The molecule has 27 heavy (non-hydrogen) atoms. The number of halogens is 2. The number of rotatable bonds is 4. The first-order valence-corrected chi connectivity index (χ1v) is 9.20. The highest BCUT2D eigenvalue weighted by Crippen LogP contribution is 2.34. The molecule has 0 radical (unpaired) electrons. The Balaban J connectivity index is 1.43. The first-order valence-electron chi connectivity index (χ1n) is 9.20. The van der Waals surface area contributed by atoms with E-state index < -0.39 is 29.9 Å². The molecule has 1 saturated heterocycles. The Labute approximate surface area is 156 Å². The second-order valence-corrected chi connectivity index (χ2v) is 7.53. The highest BCUT2D eigenvalue weighted by atomic mass is 19.1. The summed E-state index contributed by atoms with van der Waals surface area (Å²) in [5, 5.41) is 14.0. The molecule has 6 nitrogen and oxygen atoms in total. The normalized spacial score (nSPS) is 26.9. The van der Waals surface area contributed by atoms with Crippen molar-refractivity contribution in [1.29, 1.82) is 0 Å². The van der Waals surface area contributed by atoms with Crippen LogP contribution in [0.3, 0.4) is 0 Å². The zero-order chi connectivity index (χ0) is 19.1. The molecule has 0 saturated carbocycles. The number of ether oxygens (including phenoxy) is 1. The lowest BCUT2D eigenvalue weighted by Crippen LogP contribution is -2.47. The van der Waals surface area contributed by atoms with Gasteiger partial charge < -0.3 is 15.6 Å². The maximum absolute atomic E-state index is 14.1. The van der Waals surface area contributed by atoms with Crippen molar-refractivity contribution < 1.29 is 18.6 Å². The largest absolute Gasteiger partial charge is 0.391 e. The van der Waals surface area contributed by atoms with Gasteiger partial charge in [-0.2, -0.15) is 5.10 Å². The topological polar surface area (TPSA) is 76.5 Å². The minimum absolute atomic E-state index is 0.0975. The highest BCUT2D eigenvalue weighted by molar-refractivity contribution is 5.25. The average Bonchev–Trinajstić information content (AvgIpc) is 3.19. The second-order valence-electron chi connectivity index (χ2n) is 7.53. The Hall–Kier alpha value is -1.87. The van der Waals surface area contributed by atoms with Gasteiger partial charge in [-0.3, -0.25) is 9.58 Å². The lowest BCUT2D eigenvalue weighted by atomic mass is 9.93. The van der Waals surface area contributed by atoms with E-state index in [4.69, 9.17) is 10.5 Å². The maximum atomic E-state index is 14.1. The van der Waals surface area contributed by atoms with Crippen LogP contribution in [0.5, 0.6) is 0 Å². The van der Waals surface area contributed by atoms with Crippen LogP contribution in [0, 0.1) is 11.6 Å². The number of hydrogen-bond donors (Lipinski definition) is 2. The van der Waals surface area contributed by atoms with E-state index in [0.717, 1.165) is 36.0 Å². The number of nitrogens with zero attached hydrogens (tertiary/aromatic N) is 3. The molecule has 0 amide bonds. The van der Waals surface area contributed by atoms with Gasteiger partial charge in [0.15, 0.2) is 0 Å². The van der Waals surface area contributed by atoms with Crippen LogP contribution < -0.4 is 5.73 Å². The third kappa shape index (κ3) is 3.62. The molecule has 3 heterocycles. The van der Waals surface area contributed by atoms with Gasteiger partial charge in [0.05, 0.1) is 31.1 Å². The van der Waals surface area contributed by atoms with E-state index in [1.807, 2.05) is 10.9 Å². The molecule has 0 aliphatic carbocycles. The maximum Gasteiger partial charge on any atom is 0.129 e. The summed E-state index contributed by atoms with van der Waals surface area (Å²) >= 11 is 0. The highest BCUT2D eigenvalue weighted by Gasteiger charge is 2.37. The van der Waals surface area contributed by atoms with Gasteiger partial charge in [-0.15, -0.1) is 0 Å². The molecule has 0 bridgehead atoms. The summed E-state index contributed by atoms with van der Waals surface area (Å²) in [6, 6.07) is 3.04. The van der Waals surface area contributed by atoms with Gasteiger partial charge in [-0.1, -0.05) is 0 Å². The molecule has 8 heteroatoms. The first-order chi connectivity index (χ1) is 12.9. The van der Waals surface area contributed by atoms with Crippen LogP contribution in [0.1, 0.15) is 36.3 Å². The molecule has 1 aromatic heterocycles. The molecule has 1 aromatic carbocycles. The number of aliphatic hydroxyl groups is 1. The summed E-state index contributed by atoms with van der Waals surface area (Å²) in [7, 11) is 0. The zero-order valence-electron chi connectivity index (χ0n) is 15.2. The van der Waals surface area contributed by atoms with Crippen molar-refractivity contribution >= 4 is 0 Å². The Kier molecular flexibility index (Phi) is 4.98. The number of aromatic nitrogens is 2. The molecular formula is C19H24F2N4O2.